The van der Waals surface area contributed by atoms with E-state index in [0.29, 0.717) is 30.7 Å². The van der Waals surface area contributed by atoms with Gasteiger partial charge in [-0.05, 0) is 42.8 Å². The van der Waals surface area contributed by atoms with E-state index in [2.05, 4.69) is 15.2 Å². The molecule has 1 aromatic heterocycles. The van der Waals surface area contributed by atoms with Gasteiger partial charge in [0.1, 0.15) is 11.6 Å². The number of aryl methyl sites for hydroxylation is 1. The fraction of sp³-hybridized carbons (Fsp3) is 0.263. The van der Waals surface area contributed by atoms with Crippen LogP contribution < -0.4 is 10.2 Å². The van der Waals surface area contributed by atoms with Gasteiger partial charge in [-0.1, -0.05) is 12.1 Å². The molecular formula is C19H19FN4O. The largest absolute Gasteiger partial charge is 0.378 e. The number of fused-ring (bicyclic) bond motifs is 1. The lowest BCUT2D eigenvalue weighted by Crippen LogP contribution is -2.37. The molecule has 1 aliphatic rings. The molecule has 0 amide bonds. The SMILES string of the molecule is Cc1cc(F)cc(Nc2nc(N3CCOCC3)nc3ccccc23)c1. The first-order valence-corrected chi connectivity index (χ1v) is 8.33. The first kappa shape index (κ1) is 15.8. The number of ether oxygens (including phenoxy) is 1. The van der Waals surface area contributed by atoms with Gasteiger partial charge in [0.2, 0.25) is 5.95 Å². The maximum absolute atomic E-state index is 13.7. The van der Waals surface area contributed by atoms with Gasteiger partial charge in [-0.25, -0.2) is 9.37 Å². The van der Waals surface area contributed by atoms with Gasteiger partial charge >= 0.3 is 0 Å². The van der Waals surface area contributed by atoms with E-state index in [4.69, 9.17) is 9.72 Å². The van der Waals surface area contributed by atoms with Crippen LogP contribution in [-0.4, -0.2) is 36.3 Å². The summed E-state index contributed by atoms with van der Waals surface area (Å²) in [7, 11) is 0. The first-order chi connectivity index (χ1) is 12.2. The highest BCUT2D eigenvalue weighted by Crippen LogP contribution is 2.27. The molecule has 1 fully saturated rings. The Hall–Kier alpha value is -2.73. The summed E-state index contributed by atoms with van der Waals surface area (Å²) < 4.78 is 19.1. The van der Waals surface area contributed by atoms with E-state index in [1.54, 1.807) is 0 Å². The number of hydrogen-bond donors (Lipinski definition) is 1. The van der Waals surface area contributed by atoms with Crippen molar-refractivity contribution in [3.8, 4) is 0 Å². The molecule has 3 aromatic rings. The Morgan fingerprint density at radius 2 is 1.88 bits per heavy atom. The van der Waals surface area contributed by atoms with Crippen molar-refractivity contribution in [1.82, 2.24) is 9.97 Å². The van der Waals surface area contributed by atoms with Crippen molar-refractivity contribution >= 4 is 28.4 Å². The normalized spacial score (nSPS) is 14.7. The zero-order valence-corrected chi connectivity index (χ0v) is 14.0. The van der Waals surface area contributed by atoms with Crippen molar-refractivity contribution < 1.29 is 9.13 Å². The molecule has 6 heteroatoms. The van der Waals surface area contributed by atoms with E-state index in [1.807, 2.05) is 37.3 Å². The molecule has 1 saturated heterocycles. The smallest absolute Gasteiger partial charge is 0.228 e. The van der Waals surface area contributed by atoms with E-state index in [0.717, 1.165) is 29.6 Å². The van der Waals surface area contributed by atoms with Gasteiger partial charge in [0.25, 0.3) is 0 Å². The zero-order chi connectivity index (χ0) is 17.2. The molecule has 0 atom stereocenters. The van der Waals surface area contributed by atoms with Crippen molar-refractivity contribution in [2.75, 3.05) is 36.5 Å². The Bertz CT molecular complexity index is 889. The van der Waals surface area contributed by atoms with Crippen LogP contribution in [0.5, 0.6) is 0 Å². The average Bonchev–Trinajstić information content (AvgIpc) is 2.61. The second-order valence-corrected chi connectivity index (χ2v) is 6.13. The van der Waals surface area contributed by atoms with Crippen molar-refractivity contribution in [3.63, 3.8) is 0 Å². The monoisotopic (exact) mass is 338 g/mol. The number of benzene rings is 2. The van der Waals surface area contributed by atoms with Crippen molar-refractivity contribution in [1.29, 1.82) is 0 Å². The maximum Gasteiger partial charge on any atom is 0.228 e. The Kier molecular flexibility index (Phi) is 4.19. The Morgan fingerprint density at radius 3 is 2.68 bits per heavy atom. The first-order valence-electron chi connectivity index (χ1n) is 8.33. The molecule has 5 nitrogen and oxygen atoms in total. The molecule has 1 aliphatic heterocycles. The van der Waals surface area contributed by atoms with E-state index < -0.39 is 0 Å². The predicted molar refractivity (Wildman–Crippen MR) is 97.0 cm³/mol. The quantitative estimate of drug-likeness (QED) is 0.790. The summed E-state index contributed by atoms with van der Waals surface area (Å²) in [5.74, 6) is 1.07. The number of nitrogens with one attached hydrogen (secondary N) is 1. The molecule has 2 heterocycles. The number of nitrogens with zero attached hydrogens (tertiary/aromatic N) is 3. The van der Waals surface area contributed by atoms with E-state index >= 15 is 0 Å². The number of aromatic nitrogens is 2. The third-order valence-electron chi connectivity index (χ3n) is 4.19. The molecule has 0 bridgehead atoms. The molecular weight excluding hydrogens is 319 g/mol. The van der Waals surface area contributed by atoms with Crippen LogP contribution in [0.1, 0.15) is 5.56 Å². The van der Waals surface area contributed by atoms with Gasteiger partial charge in [-0.15, -0.1) is 0 Å². The molecule has 25 heavy (non-hydrogen) atoms. The van der Waals surface area contributed by atoms with Crippen LogP contribution in [-0.2, 0) is 4.74 Å². The van der Waals surface area contributed by atoms with Crippen LogP contribution in [0.3, 0.4) is 0 Å². The van der Waals surface area contributed by atoms with Crippen molar-refractivity contribution in [3.05, 3.63) is 53.8 Å². The summed E-state index contributed by atoms with van der Waals surface area (Å²) in [6.45, 7) is 4.73. The molecule has 0 saturated carbocycles. The minimum atomic E-state index is -0.269. The molecule has 128 valence electrons. The standard InChI is InChI=1S/C19H19FN4O/c1-13-10-14(20)12-15(11-13)21-18-16-4-2-3-5-17(16)22-19(23-18)24-6-8-25-9-7-24/h2-5,10-12H,6-9H2,1H3,(H,21,22,23). The second-order valence-electron chi connectivity index (χ2n) is 6.13. The van der Waals surface area contributed by atoms with Gasteiger partial charge in [-0.3, -0.25) is 0 Å². The molecule has 0 spiro atoms. The van der Waals surface area contributed by atoms with Gasteiger partial charge in [0.15, 0.2) is 0 Å². The summed E-state index contributed by atoms with van der Waals surface area (Å²) in [4.78, 5) is 11.5. The van der Waals surface area contributed by atoms with Gasteiger partial charge < -0.3 is 15.0 Å². The number of halogens is 1. The predicted octanol–water partition coefficient (Wildman–Crippen LogP) is 3.66. The maximum atomic E-state index is 13.7. The number of morpholine rings is 1. The Labute approximate surface area is 145 Å². The third kappa shape index (κ3) is 3.39. The van der Waals surface area contributed by atoms with Crippen LogP contribution in [0.2, 0.25) is 0 Å². The van der Waals surface area contributed by atoms with E-state index in [-0.39, 0.29) is 5.82 Å². The van der Waals surface area contributed by atoms with Gasteiger partial charge in [0, 0.05) is 24.2 Å². The third-order valence-corrected chi connectivity index (χ3v) is 4.19. The molecule has 1 N–H and O–H groups in total. The van der Waals surface area contributed by atoms with Crippen LogP contribution in [0, 0.1) is 12.7 Å². The number of rotatable bonds is 3. The Morgan fingerprint density at radius 1 is 1.08 bits per heavy atom. The van der Waals surface area contributed by atoms with E-state index in [9.17, 15) is 4.39 Å². The fourth-order valence-corrected chi connectivity index (χ4v) is 3.01. The number of para-hydroxylation sites is 1. The molecule has 0 aliphatic carbocycles. The fourth-order valence-electron chi connectivity index (χ4n) is 3.01. The lowest BCUT2D eigenvalue weighted by atomic mass is 10.2. The minimum Gasteiger partial charge on any atom is -0.378 e. The lowest BCUT2D eigenvalue weighted by Gasteiger charge is -2.27. The molecule has 4 rings (SSSR count). The molecule has 0 unspecified atom stereocenters. The summed E-state index contributed by atoms with van der Waals surface area (Å²) in [5.41, 5.74) is 2.39. The highest BCUT2D eigenvalue weighted by molar-refractivity contribution is 5.91. The van der Waals surface area contributed by atoms with Crippen molar-refractivity contribution in [2.45, 2.75) is 6.92 Å². The zero-order valence-electron chi connectivity index (χ0n) is 14.0. The van der Waals surface area contributed by atoms with Crippen molar-refractivity contribution in [2.24, 2.45) is 0 Å². The summed E-state index contributed by atoms with van der Waals surface area (Å²) >= 11 is 0. The number of anilines is 3. The highest BCUT2D eigenvalue weighted by atomic mass is 19.1. The van der Waals surface area contributed by atoms with Crippen LogP contribution in [0.25, 0.3) is 10.9 Å². The molecule has 0 radical (unpaired) electrons. The Balaban J connectivity index is 1.77. The second kappa shape index (κ2) is 6.64. The van der Waals surface area contributed by atoms with Crippen LogP contribution >= 0.6 is 0 Å². The molecule has 2 aromatic carbocycles. The average molecular weight is 338 g/mol. The van der Waals surface area contributed by atoms with Crippen LogP contribution in [0.4, 0.5) is 21.8 Å². The van der Waals surface area contributed by atoms with Crippen LogP contribution in [0.15, 0.2) is 42.5 Å². The topological polar surface area (TPSA) is 50.3 Å². The summed E-state index contributed by atoms with van der Waals surface area (Å²) in [6, 6.07) is 12.7. The summed E-state index contributed by atoms with van der Waals surface area (Å²) in [5, 5.41) is 4.16. The minimum absolute atomic E-state index is 0.269. The van der Waals surface area contributed by atoms with Gasteiger partial charge in [-0.2, -0.15) is 4.98 Å². The lowest BCUT2D eigenvalue weighted by molar-refractivity contribution is 0.122. The van der Waals surface area contributed by atoms with Gasteiger partial charge in [0.05, 0.1) is 18.7 Å². The number of hydrogen-bond acceptors (Lipinski definition) is 5. The van der Waals surface area contributed by atoms with E-state index in [1.165, 1.54) is 12.1 Å². The summed E-state index contributed by atoms with van der Waals surface area (Å²) in [6.07, 6.45) is 0. The highest BCUT2D eigenvalue weighted by Gasteiger charge is 2.16.